The highest BCUT2D eigenvalue weighted by Crippen LogP contribution is 2.35. The van der Waals surface area contributed by atoms with Gasteiger partial charge in [-0.3, -0.25) is 4.79 Å². The van der Waals surface area contributed by atoms with Crippen molar-refractivity contribution in [2.24, 2.45) is 0 Å². The molecule has 0 saturated heterocycles. The third kappa shape index (κ3) is 5.53. The first kappa shape index (κ1) is 20.3. The molecule has 1 unspecified atom stereocenters. The normalized spacial score (nSPS) is 12.4. The molecular formula is C19H18F3N5O2. The molecule has 7 nitrogen and oxygen atoms in total. The SMILES string of the molecule is O=C(NCCOc1ccccc1C(F)(F)F)C(Cc1ccccc1)n1cnnn1. The molecule has 0 aliphatic carbocycles. The highest BCUT2D eigenvalue weighted by Gasteiger charge is 2.34. The van der Waals surface area contributed by atoms with Crippen LogP contribution in [0.3, 0.4) is 0 Å². The van der Waals surface area contributed by atoms with Gasteiger partial charge in [-0.2, -0.15) is 13.2 Å². The number of alkyl halides is 3. The zero-order valence-electron chi connectivity index (χ0n) is 15.2. The lowest BCUT2D eigenvalue weighted by atomic mass is 10.1. The van der Waals surface area contributed by atoms with E-state index in [1.807, 2.05) is 30.3 Å². The van der Waals surface area contributed by atoms with Crippen LogP contribution in [0, 0.1) is 0 Å². The molecule has 1 amide bonds. The van der Waals surface area contributed by atoms with Crippen molar-refractivity contribution < 1.29 is 22.7 Å². The predicted molar refractivity (Wildman–Crippen MR) is 96.9 cm³/mol. The van der Waals surface area contributed by atoms with Crippen LogP contribution in [0.1, 0.15) is 17.2 Å². The Kier molecular flexibility index (Phi) is 6.43. The molecule has 0 bridgehead atoms. The number of nitrogens with one attached hydrogen (secondary N) is 1. The van der Waals surface area contributed by atoms with E-state index in [1.165, 1.54) is 29.2 Å². The van der Waals surface area contributed by atoms with Crippen LogP contribution < -0.4 is 10.1 Å². The van der Waals surface area contributed by atoms with Crippen LogP contribution in [0.4, 0.5) is 13.2 Å². The molecule has 0 aliphatic heterocycles. The molecule has 3 rings (SSSR count). The molecule has 10 heteroatoms. The minimum atomic E-state index is -4.51. The molecule has 152 valence electrons. The van der Waals surface area contributed by atoms with Crippen LogP contribution in [0.25, 0.3) is 0 Å². The highest BCUT2D eigenvalue weighted by molar-refractivity contribution is 5.80. The highest BCUT2D eigenvalue weighted by atomic mass is 19.4. The van der Waals surface area contributed by atoms with E-state index < -0.39 is 17.8 Å². The maximum atomic E-state index is 13.0. The van der Waals surface area contributed by atoms with Crippen molar-refractivity contribution in [2.45, 2.75) is 18.6 Å². The number of nitrogens with zero attached hydrogens (tertiary/aromatic N) is 4. The number of aromatic nitrogens is 4. The minimum Gasteiger partial charge on any atom is -0.491 e. The fraction of sp³-hybridized carbons (Fsp3) is 0.263. The van der Waals surface area contributed by atoms with Crippen molar-refractivity contribution in [3.8, 4) is 5.75 Å². The number of carbonyl (C=O) groups is 1. The van der Waals surface area contributed by atoms with E-state index in [1.54, 1.807) is 0 Å². The van der Waals surface area contributed by atoms with E-state index in [9.17, 15) is 18.0 Å². The summed E-state index contributed by atoms with van der Waals surface area (Å²) in [6.07, 6.45) is -2.82. The average molecular weight is 405 g/mol. The fourth-order valence-electron chi connectivity index (χ4n) is 2.73. The summed E-state index contributed by atoms with van der Waals surface area (Å²) in [5.41, 5.74) is 0.0560. The first-order valence-corrected chi connectivity index (χ1v) is 8.78. The molecule has 3 aromatic rings. The molecule has 0 spiro atoms. The number of amides is 1. The van der Waals surface area contributed by atoms with E-state index in [4.69, 9.17) is 4.74 Å². The van der Waals surface area contributed by atoms with Gasteiger partial charge >= 0.3 is 6.18 Å². The Labute approximate surface area is 164 Å². The lowest BCUT2D eigenvalue weighted by Crippen LogP contribution is -2.36. The van der Waals surface area contributed by atoms with Gasteiger partial charge in [0.1, 0.15) is 24.7 Å². The number of ether oxygens (including phenoxy) is 1. The van der Waals surface area contributed by atoms with E-state index in [-0.39, 0.29) is 24.8 Å². The monoisotopic (exact) mass is 405 g/mol. The minimum absolute atomic E-state index is 0.0262. The van der Waals surface area contributed by atoms with Crippen LogP contribution in [0.15, 0.2) is 60.9 Å². The lowest BCUT2D eigenvalue weighted by molar-refractivity contribution is -0.139. The third-order valence-corrected chi connectivity index (χ3v) is 4.11. The molecule has 2 aromatic carbocycles. The van der Waals surface area contributed by atoms with Crippen LogP contribution in [-0.2, 0) is 17.4 Å². The molecular weight excluding hydrogens is 387 g/mol. The molecule has 1 aromatic heterocycles. The Balaban J connectivity index is 1.59. The predicted octanol–water partition coefficient (Wildman–Crippen LogP) is 2.67. The average Bonchev–Trinajstić information content (AvgIpc) is 3.24. The number of hydrogen-bond acceptors (Lipinski definition) is 5. The van der Waals surface area contributed by atoms with Crippen molar-refractivity contribution in [3.05, 3.63) is 72.1 Å². The van der Waals surface area contributed by atoms with Crippen LogP contribution in [0.5, 0.6) is 5.75 Å². The summed E-state index contributed by atoms with van der Waals surface area (Å²) in [4.78, 5) is 12.6. The number of hydrogen-bond donors (Lipinski definition) is 1. The molecule has 0 aliphatic rings. The van der Waals surface area contributed by atoms with Gasteiger partial charge in [-0.05, 0) is 28.1 Å². The second-order valence-electron chi connectivity index (χ2n) is 6.13. The lowest BCUT2D eigenvalue weighted by Gasteiger charge is -2.17. The van der Waals surface area contributed by atoms with Gasteiger partial charge in [0.15, 0.2) is 0 Å². The van der Waals surface area contributed by atoms with Crippen molar-refractivity contribution >= 4 is 5.91 Å². The van der Waals surface area contributed by atoms with Gasteiger partial charge in [0.2, 0.25) is 5.91 Å². The maximum absolute atomic E-state index is 13.0. The third-order valence-electron chi connectivity index (χ3n) is 4.11. The van der Waals surface area contributed by atoms with Gasteiger partial charge in [-0.15, -0.1) is 5.10 Å². The Hall–Kier alpha value is -3.43. The smallest absolute Gasteiger partial charge is 0.419 e. The zero-order chi connectivity index (χ0) is 20.7. The first-order chi connectivity index (χ1) is 13.9. The Morgan fingerprint density at radius 2 is 1.83 bits per heavy atom. The van der Waals surface area contributed by atoms with Gasteiger partial charge in [0.05, 0.1) is 12.1 Å². The number of rotatable bonds is 8. The molecule has 0 radical (unpaired) electrons. The first-order valence-electron chi connectivity index (χ1n) is 8.78. The molecule has 1 N–H and O–H groups in total. The summed E-state index contributed by atoms with van der Waals surface area (Å²) < 4.78 is 45.5. The molecule has 1 atom stereocenters. The Morgan fingerprint density at radius 3 is 2.52 bits per heavy atom. The van der Waals surface area contributed by atoms with Gasteiger partial charge in [-0.25, -0.2) is 4.68 Å². The quantitative estimate of drug-likeness (QED) is 0.583. The second kappa shape index (κ2) is 9.18. The van der Waals surface area contributed by atoms with Crippen molar-refractivity contribution in [1.29, 1.82) is 0 Å². The Bertz CT molecular complexity index is 917. The van der Waals surface area contributed by atoms with E-state index >= 15 is 0 Å². The van der Waals surface area contributed by atoms with Gasteiger partial charge in [0.25, 0.3) is 0 Å². The standard InChI is InChI=1S/C19H18F3N5O2/c20-19(21,22)15-8-4-5-9-17(15)29-11-10-23-18(28)16(27-13-24-25-26-27)12-14-6-2-1-3-7-14/h1-9,13,16H,10-12H2,(H,23,28). The van der Waals surface area contributed by atoms with E-state index in [0.717, 1.165) is 11.6 Å². The van der Waals surface area contributed by atoms with Crippen LogP contribution in [-0.4, -0.2) is 39.3 Å². The molecule has 29 heavy (non-hydrogen) atoms. The molecule has 0 saturated carbocycles. The van der Waals surface area contributed by atoms with Gasteiger partial charge in [-0.1, -0.05) is 42.5 Å². The summed E-state index contributed by atoms with van der Waals surface area (Å²) in [7, 11) is 0. The molecule has 0 fully saturated rings. The fourth-order valence-corrected chi connectivity index (χ4v) is 2.73. The van der Waals surface area contributed by atoms with Gasteiger partial charge in [0, 0.05) is 6.42 Å². The Morgan fingerprint density at radius 1 is 1.10 bits per heavy atom. The molecule has 1 heterocycles. The summed E-state index contributed by atoms with van der Waals surface area (Å²) >= 11 is 0. The van der Waals surface area contributed by atoms with Crippen LogP contribution >= 0.6 is 0 Å². The largest absolute Gasteiger partial charge is 0.491 e. The summed E-state index contributed by atoms with van der Waals surface area (Å²) in [6.45, 7) is -0.0923. The van der Waals surface area contributed by atoms with Crippen LogP contribution in [0.2, 0.25) is 0 Å². The number of carbonyl (C=O) groups excluding carboxylic acids is 1. The summed E-state index contributed by atoms with van der Waals surface area (Å²) in [5, 5.41) is 13.6. The van der Waals surface area contributed by atoms with E-state index in [2.05, 4.69) is 20.8 Å². The maximum Gasteiger partial charge on any atom is 0.419 e. The number of benzene rings is 2. The summed E-state index contributed by atoms with van der Waals surface area (Å²) in [5.74, 6) is -0.649. The number of para-hydroxylation sites is 1. The zero-order valence-corrected chi connectivity index (χ0v) is 15.2. The van der Waals surface area contributed by atoms with Gasteiger partial charge < -0.3 is 10.1 Å². The number of halogens is 3. The van der Waals surface area contributed by atoms with Crippen molar-refractivity contribution in [2.75, 3.05) is 13.2 Å². The summed E-state index contributed by atoms with van der Waals surface area (Å²) in [6, 6.07) is 13.6. The second-order valence-corrected chi connectivity index (χ2v) is 6.13. The van der Waals surface area contributed by atoms with Crippen molar-refractivity contribution in [3.63, 3.8) is 0 Å². The number of tetrazole rings is 1. The topological polar surface area (TPSA) is 81.9 Å². The van der Waals surface area contributed by atoms with Crippen molar-refractivity contribution in [1.82, 2.24) is 25.5 Å². The van der Waals surface area contributed by atoms with E-state index in [0.29, 0.717) is 6.42 Å².